The number of benzene rings is 1. The minimum absolute atomic E-state index is 0.0552. The van der Waals surface area contributed by atoms with E-state index < -0.39 is 11.7 Å². The highest BCUT2D eigenvalue weighted by molar-refractivity contribution is 6.03. The zero-order valence-electron chi connectivity index (χ0n) is 11.4. The third kappa shape index (κ3) is 3.65. The van der Waals surface area contributed by atoms with Gasteiger partial charge in [-0.05, 0) is 36.8 Å². The van der Waals surface area contributed by atoms with E-state index >= 15 is 0 Å². The van der Waals surface area contributed by atoms with Crippen LogP contribution in [0.15, 0.2) is 36.5 Å². The Kier molecular flexibility index (Phi) is 4.64. The van der Waals surface area contributed by atoms with Crippen molar-refractivity contribution in [2.45, 2.75) is 6.92 Å². The van der Waals surface area contributed by atoms with E-state index in [4.69, 9.17) is 5.11 Å². The van der Waals surface area contributed by atoms with Crippen molar-refractivity contribution in [1.29, 1.82) is 0 Å². The molecule has 0 unspecified atom stereocenters. The van der Waals surface area contributed by atoms with Gasteiger partial charge in [0.2, 0.25) is 0 Å². The lowest BCUT2D eigenvalue weighted by Gasteiger charge is -2.07. The number of hydrogen-bond acceptors (Lipinski definition) is 3. The molecule has 4 nitrogen and oxygen atoms in total. The fourth-order valence-electron chi connectivity index (χ4n) is 1.74. The predicted octanol–water partition coefficient (Wildman–Crippen LogP) is 2.13. The number of carbonyl (C=O) groups excluding carboxylic acids is 1. The summed E-state index contributed by atoms with van der Waals surface area (Å²) in [4.78, 5) is 16.0. The first-order chi connectivity index (χ1) is 10.1. The van der Waals surface area contributed by atoms with Gasteiger partial charge in [-0.2, -0.15) is 0 Å². The fraction of sp³-hybridized carbons (Fsp3) is 0.125. The molecule has 0 aliphatic rings. The van der Waals surface area contributed by atoms with Gasteiger partial charge in [-0.1, -0.05) is 17.9 Å². The van der Waals surface area contributed by atoms with Gasteiger partial charge in [0.05, 0.1) is 5.69 Å². The molecule has 0 aliphatic heterocycles. The summed E-state index contributed by atoms with van der Waals surface area (Å²) in [5.41, 5.74) is 1.44. The van der Waals surface area contributed by atoms with Gasteiger partial charge in [-0.25, -0.2) is 4.39 Å². The quantitative estimate of drug-likeness (QED) is 0.830. The first-order valence-corrected chi connectivity index (χ1v) is 6.24. The van der Waals surface area contributed by atoms with E-state index in [0.717, 1.165) is 0 Å². The van der Waals surface area contributed by atoms with E-state index in [9.17, 15) is 9.18 Å². The van der Waals surface area contributed by atoms with Gasteiger partial charge >= 0.3 is 0 Å². The smallest absolute Gasteiger partial charge is 0.274 e. The first-order valence-electron chi connectivity index (χ1n) is 6.24. The number of nitrogens with zero attached hydrogens (tertiary/aromatic N) is 1. The molecule has 1 amide bonds. The van der Waals surface area contributed by atoms with Crippen molar-refractivity contribution in [3.8, 4) is 11.8 Å². The second kappa shape index (κ2) is 6.64. The van der Waals surface area contributed by atoms with Crippen LogP contribution in [0.5, 0.6) is 0 Å². The van der Waals surface area contributed by atoms with Crippen LogP contribution in [0.4, 0.5) is 10.1 Å². The predicted molar refractivity (Wildman–Crippen MR) is 77.3 cm³/mol. The van der Waals surface area contributed by atoms with Crippen molar-refractivity contribution < 1.29 is 14.3 Å². The van der Waals surface area contributed by atoms with Gasteiger partial charge in [-0.15, -0.1) is 0 Å². The van der Waals surface area contributed by atoms with Crippen molar-refractivity contribution in [2.24, 2.45) is 0 Å². The Labute approximate surface area is 121 Å². The van der Waals surface area contributed by atoms with Crippen molar-refractivity contribution in [1.82, 2.24) is 4.98 Å². The molecule has 0 saturated carbocycles. The highest BCUT2D eigenvalue weighted by Gasteiger charge is 2.12. The van der Waals surface area contributed by atoms with Gasteiger partial charge in [0.15, 0.2) is 0 Å². The van der Waals surface area contributed by atoms with Crippen LogP contribution >= 0.6 is 0 Å². The number of aliphatic hydroxyl groups is 1. The van der Waals surface area contributed by atoms with Crippen LogP contribution in [0.25, 0.3) is 0 Å². The minimum Gasteiger partial charge on any atom is -0.384 e. The molecule has 5 heteroatoms. The molecule has 21 heavy (non-hydrogen) atoms. The number of aliphatic hydroxyl groups excluding tert-OH is 1. The topological polar surface area (TPSA) is 62.2 Å². The summed E-state index contributed by atoms with van der Waals surface area (Å²) < 4.78 is 13.9. The SMILES string of the molecule is Cc1cccnc1C(=O)Nc1ccc(C#CCO)cc1F. The number of aryl methyl sites for hydroxylation is 1. The summed E-state index contributed by atoms with van der Waals surface area (Å²) in [7, 11) is 0. The normalized spacial score (nSPS) is 9.67. The minimum atomic E-state index is -0.596. The number of carbonyl (C=O) groups is 1. The van der Waals surface area contributed by atoms with Crippen LogP contribution in [0, 0.1) is 24.6 Å². The van der Waals surface area contributed by atoms with E-state index in [1.54, 1.807) is 25.1 Å². The molecule has 0 bridgehead atoms. The molecule has 0 radical (unpaired) electrons. The number of nitrogens with one attached hydrogen (secondary N) is 1. The summed E-state index contributed by atoms with van der Waals surface area (Å²) in [5.74, 6) is 3.95. The monoisotopic (exact) mass is 284 g/mol. The Bertz CT molecular complexity index is 733. The molecule has 1 aromatic carbocycles. The number of pyridine rings is 1. The lowest BCUT2D eigenvalue weighted by molar-refractivity contribution is 0.102. The van der Waals surface area contributed by atoms with Crippen molar-refractivity contribution in [3.63, 3.8) is 0 Å². The Morgan fingerprint density at radius 2 is 2.24 bits per heavy atom. The molecule has 0 fully saturated rings. The van der Waals surface area contributed by atoms with Crippen LogP contribution < -0.4 is 5.32 Å². The van der Waals surface area contributed by atoms with E-state index in [0.29, 0.717) is 11.1 Å². The van der Waals surface area contributed by atoms with Crippen LogP contribution in [-0.2, 0) is 0 Å². The van der Waals surface area contributed by atoms with Crippen molar-refractivity contribution >= 4 is 11.6 Å². The Morgan fingerprint density at radius 1 is 1.43 bits per heavy atom. The molecule has 0 spiro atoms. The maximum atomic E-state index is 13.9. The number of rotatable bonds is 2. The summed E-state index contributed by atoms with van der Waals surface area (Å²) in [6.07, 6.45) is 1.51. The largest absolute Gasteiger partial charge is 0.384 e. The summed E-state index contributed by atoms with van der Waals surface area (Å²) in [6.45, 7) is 1.46. The molecule has 1 aromatic heterocycles. The number of hydrogen-bond donors (Lipinski definition) is 2. The lowest BCUT2D eigenvalue weighted by atomic mass is 10.1. The first kappa shape index (κ1) is 14.7. The molecule has 0 aliphatic carbocycles. The van der Waals surface area contributed by atoms with Crippen molar-refractivity contribution in [3.05, 3.63) is 59.2 Å². The fourth-order valence-corrected chi connectivity index (χ4v) is 1.74. The zero-order valence-corrected chi connectivity index (χ0v) is 11.4. The number of aromatic nitrogens is 1. The van der Waals surface area contributed by atoms with Gasteiger partial charge < -0.3 is 10.4 Å². The number of halogens is 1. The van der Waals surface area contributed by atoms with E-state index in [1.165, 1.54) is 18.3 Å². The second-order valence-corrected chi connectivity index (χ2v) is 4.28. The maximum absolute atomic E-state index is 13.9. The van der Waals surface area contributed by atoms with Crippen LogP contribution in [0.1, 0.15) is 21.6 Å². The Morgan fingerprint density at radius 3 is 2.90 bits per heavy atom. The van der Waals surface area contributed by atoms with Crippen molar-refractivity contribution in [2.75, 3.05) is 11.9 Å². The Hall–Kier alpha value is -2.71. The van der Waals surface area contributed by atoms with Gasteiger partial charge in [-0.3, -0.25) is 9.78 Å². The molecular formula is C16H13FN2O2. The third-order valence-corrected chi connectivity index (χ3v) is 2.75. The van der Waals surface area contributed by atoms with E-state index in [1.807, 2.05) is 0 Å². The molecule has 2 N–H and O–H groups in total. The molecule has 2 aromatic rings. The summed E-state index contributed by atoms with van der Waals surface area (Å²) in [6, 6.07) is 7.66. The maximum Gasteiger partial charge on any atom is 0.274 e. The summed E-state index contributed by atoms with van der Waals surface area (Å²) in [5, 5.41) is 11.1. The van der Waals surface area contributed by atoms with Gasteiger partial charge in [0, 0.05) is 11.8 Å². The number of amides is 1. The van der Waals surface area contributed by atoms with Gasteiger partial charge in [0.25, 0.3) is 5.91 Å². The third-order valence-electron chi connectivity index (χ3n) is 2.75. The second-order valence-electron chi connectivity index (χ2n) is 4.28. The lowest BCUT2D eigenvalue weighted by Crippen LogP contribution is -2.16. The Balaban J connectivity index is 2.20. The molecule has 1 heterocycles. The molecule has 2 rings (SSSR count). The van der Waals surface area contributed by atoms with Gasteiger partial charge in [0.1, 0.15) is 18.1 Å². The standard InChI is InChI=1S/C16H13FN2O2/c1-11-4-2-8-18-15(11)16(21)19-14-7-6-12(5-3-9-20)10-13(14)17/h2,4,6-8,10,20H,9H2,1H3,(H,19,21). The summed E-state index contributed by atoms with van der Waals surface area (Å²) >= 11 is 0. The highest BCUT2D eigenvalue weighted by Crippen LogP contribution is 2.16. The van der Waals surface area contributed by atoms with Crippen LogP contribution in [0.2, 0.25) is 0 Å². The molecule has 0 saturated heterocycles. The van der Waals surface area contributed by atoms with Crippen LogP contribution in [-0.4, -0.2) is 22.6 Å². The molecule has 0 atom stereocenters. The van der Waals surface area contributed by atoms with Crippen LogP contribution in [0.3, 0.4) is 0 Å². The van der Waals surface area contributed by atoms with E-state index in [2.05, 4.69) is 22.1 Å². The average molecular weight is 284 g/mol. The zero-order chi connectivity index (χ0) is 15.2. The number of anilines is 1. The average Bonchev–Trinajstić information content (AvgIpc) is 2.48. The highest BCUT2D eigenvalue weighted by atomic mass is 19.1. The molecular weight excluding hydrogens is 271 g/mol. The van der Waals surface area contributed by atoms with E-state index in [-0.39, 0.29) is 18.0 Å². The molecule has 106 valence electrons.